The minimum absolute atomic E-state index is 0.272. The first-order chi connectivity index (χ1) is 14.4. The SMILES string of the molecule is Cc1nn(-c2ccc(Cl)cc2)c(NC(=O)c2cccs2)c(-c2ccc(Cl)cc2)c1=O. The van der Waals surface area contributed by atoms with Gasteiger partial charge in [-0.3, -0.25) is 9.59 Å². The van der Waals surface area contributed by atoms with E-state index >= 15 is 0 Å². The van der Waals surface area contributed by atoms with Gasteiger partial charge in [-0.1, -0.05) is 41.4 Å². The summed E-state index contributed by atoms with van der Waals surface area (Å²) in [6, 6.07) is 17.4. The van der Waals surface area contributed by atoms with Crippen molar-refractivity contribution in [2.45, 2.75) is 6.92 Å². The molecule has 0 saturated carbocycles. The maximum absolute atomic E-state index is 13.1. The van der Waals surface area contributed by atoms with E-state index in [0.717, 1.165) is 0 Å². The third-order valence-corrected chi connectivity index (χ3v) is 5.81. The molecule has 1 N–H and O–H groups in total. The molecular formula is C22H15Cl2N3O2S. The van der Waals surface area contributed by atoms with E-state index in [0.29, 0.717) is 37.4 Å². The standard InChI is InChI=1S/C22H15Cl2N3O2S/c1-13-20(28)19(14-4-6-15(23)7-5-14)21(25-22(29)18-3-2-12-30-18)27(26-13)17-10-8-16(24)9-11-17/h2-12H,1H3,(H,25,29). The van der Waals surface area contributed by atoms with Gasteiger partial charge in [0, 0.05) is 10.0 Å². The average Bonchev–Trinajstić information content (AvgIpc) is 3.28. The van der Waals surface area contributed by atoms with Gasteiger partial charge in [-0.2, -0.15) is 5.10 Å². The van der Waals surface area contributed by atoms with E-state index in [1.807, 2.05) is 5.38 Å². The van der Waals surface area contributed by atoms with Crippen LogP contribution >= 0.6 is 34.5 Å². The second kappa shape index (κ2) is 8.44. The molecule has 0 fully saturated rings. The zero-order valence-electron chi connectivity index (χ0n) is 15.7. The van der Waals surface area contributed by atoms with Crippen molar-refractivity contribution in [2.75, 3.05) is 5.32 Å². The molecule has 4 rings (SSSR count). The first-order valence-electron chi connectivity index (χ1n) is 8.94. The number of nitrogens with one attached hydrogen (secondary N) is 1. The number of rotatable bonds is 4. The smallest absolute Gasteiger partial charge is 0.266 e. The Labute approximate surface area is 186 Å². The number of carbonyl (C=O) groups is 1. The Hall–Kier alpha value is -2.93. The van der Waals surface area contributed by atoms with E-state index in [1.54, 1.807) is 72.3 Å². The predicted octanol–water partition coefficient (Wildman–Crippen LogP) is 5.83. The van der Waals surface area contributed by atoms with Crippen LogP contribution in [0.2, 0.25) is 10.0 Å². The third kappa shape index (κ3) is 4.03. The summed E-state index contributed by atoms with van der Waals surface area (Å²) in [7, 11) is 0. The number of hydrogen-bond acceptors (Lipinski definition) is 4. The molecule has 150 valence electrons. The molecule has 2 aromatic heterocycles. The van der Waals surface area contributed by atoms with Gasteiger partial charge in [0.25, 0.3) is 5.91 Å². The first-order valence-corrected chi connectivity index (χ1v) is 10.6. The molecule has 0 atom stereocenters. The summed E-state index contributed by atoms with van der Waals surface area (Å²) in [5, 5.41) is 10.2. The number of anilines is 1. The van der Waals surface area contributed by atoms with Gasteiger partial charge in [0.05, 0.1) is 16.1 Å². The molecule has 0 saturated heterocycles. The molecule has 8 heteroatoms. The summed E-state index contributed by atoms with van der Waals surface area (Å²) in [5.41, 5.74) is 1.63. The molecule has 4 aromatic rings. The molecule has 0 bridgehead atoms. The number of hydrogen-bond donors (Lipinski definition) is 1. The summed E-state index contributed by atoms with van der Waals surface area (Å²) in [6.45, 7) is 1.64. The number of aryl methyl sites for hydroxylation is 1. The minimum Gasteiger partial charge on any atom is -0.305 e. The van der Waals surface area contributed by atoms with Crippen molar-refractivity contribution in [3.63, 3.8) is 0 Å². The molecule has 5 nitrogen and oxygen atoms in total. The lowest BCUT2D eigenvalue weighted by Gasteiger charge is -2.18. The Bertz CT molecular complexity index is 1270. The van der Waals surface area contributed by atoms with Crippen molar-refractivity contribution in [1.82, 2.24) is 9.78 Å². The number of aromatic nitrogens is 2. The van der Waals surface area contributed by atoms with Gasteiger partial charge in [-0.15, -0.1) is 11.3 Å². The lowest BCUT2D eigenvalue weighted by molar-refractivity contribution is 0.102. The fraction of sp³-hybridized carbons (Fsp3) is 0.0455. The van der Waals surface area contributed by atoms with Crippen LogP contribution in [-0.2, 0) is 0 Å². The Morgan fingerprint density at radius 2 is 1.63 bits per heavy atom. The van der Waals surface area contributed by atoms with Crippen molar-refractivity contribution >= 4 is 46.3 Å². The highest BCUT2D eigenvalue weighted by molar-refractivity contribution is 7.12. The molecule has 2 heterocycles. The quantitative estimate of drug-likeness (QED) is 0.420. The molecule has 0 aliphatic rings. The molecular weight excluding hydrogens is 441 g/mol. The molecule has 0 aliphatic carbocycles. The van der Waals surface area contributed by atoms with Crippen molar-refractivity contribution in [2.24, 2.45) is 0 Å². The van der Waals surface area contributed by atoms with Gasteiger partial charge in [0.2, 0.25) is 5.43 Å². The number of carbonyl (C=O) groups excluding carboxylic acids is 1. The van der Waals surface area contributed by atoms with Crippen molar-refractivity contribution < 1.29 is 4.79 Å². The second-order valence-corrected chi connectivity index (χ2v) is 8.29. The zero-order chi connectivity index (χ0) is 21.3. The summed E-state index contributed by atoms with van der Waals surface area (Å²) in [5.74, 6) is -0.0541. The Morgan fingerprint density at radius 1 is 1.00 bits per heavy atom. The zero-order valence-corrected chi connectivity index (χ0v) is 18.1. The normalized spacial score (nSPS) is 10.8. The highest BCUT2D eigenvalue weighted by Crippen LogP contribution is 2.29. The van der Waals surface area contributed by atoms with Crippen molar-refractivity contribution in [3.05, 3.63) is 96.9 Å². The number of nitrogens with zero attached hydrogens (tertiary/aromatic N) is 2. The lowest BCUT2D eigenvalue weighted by atomic mass is 10.1. The van der Waals surface area contributed by atoms with Crippen LogP contribution in [0.5, 0.6) is 0 Å². The topological polar surface area (TPSA) is 64.0 Å². The van der Waals surface area contributed by atoms with Crippen LogP contribution in [0, 0.1) is 6.92 Å². The van der Waals surface area contributed by atoms with Gasteiger partial charge in [-0.25, -0.2) is 4.68 Å². The molecule has 0 unspecified atom stereocenters. The molecule has 0 aliphatic heterocycles. The molecule has 0 radical (unpaired) electrons. The monoisotopic (exact) mass is 455 g/mol. The summed E-state index contributed by atoms with van der Waals surface area (Å²) < 4.78 is 1.54. The molecule has 1 amide bonds. The van der Waals surface area contributed by atoms with E-state index < -0.39 is 0 Å². The molecule has 2 aromatic carbocycles. The number of halogens is 2. The van der Waals surface area contributed by atoms with Gasteiger partial charge < -0.3 is 5.32 Å². The van der Waals surface area contributed by atoms with Crippen LogP contribution in [0.1, 0.15) is 15.4 Å². The van der Waals surface area contributed by atoms with E-state index in [1.165, 1.54) is 11.3 Å². The minimum atomic E-state index is -0.326. The summed E-state index contributed by atoms with van der Waals surface area (Å²) in [6.07, 6.45) is 0. The van der Waals surface area contributed by atoms with Crippen LogP contribution in [0.15, 0.2) is 70.8 Å². The Morgan fingerprint density at radius 3 is 2.23 bits per heavy atom. The van der Waals surface area contributed by atoms with Crippen molar-refractivity contribution in [1.29, 1.82) is 0 Å². The molecule has 0 spiro atoms. The Balaban J connectivity index is 1.97. The number of benzene rings is 2. The van der Waals surface area contributed by atoms with Gasteiger partial charge in [0.15, 0.2) is 0 Å². The van der Waals surface area contributed by atoms with Gasteiger partial charge in [0.1, 0.15) is 11.5 Å². The van der Waals surface area contributed by atoms with Gasteiger partial charge in [-0.05, 0) is 60.3 Å². The third-order valence-electron chi connectivity index (χ3n) is 4.44. The maximum atomic E-state index is 13.1. The van der Waals surface area contributed by atoms with Gasteiger partial charge >= 0.3 is 0 Å². The second-order valence-electron chi connectivity index (χ2n) is 6.46. The van der Waals surface area contributed by atoms with Crippen LogP contribution in [0.4, 0.5) is 5.82 Å². The summed E-state index contributed by atoms with van der Waals surface area (Å²) in [4.78, 5) is 26.5. The van der Waals surface area contributed by atoms with Crippen LogP contribution in [0.25, 0.3) is 16.8 Å². The average molecular weight is 456 g/mol. The lowest BCUT2D eigenvalue weighted by Crippen LogP contribution is -2.24. The van der Waals surface area contributed by atoms with E-state index in [9.17, 15) is 9.59 Å². The van der Waals surface area contributed by atoms with E-state index in [4.69, 9.17) is 23.2 Å². The highest BCUT2D eigenvalue weighted by Gasteiger charge is 2.21. The van der Waals surface area contributed by atoms with Crippen molar-refractivity contribution in [3.8, 4) is 16.8 Å². The summed E-state index contributed by atoms with van der Waals surface area (Å²) >= 11 is 13.4. The first kappa shape index (κ1) is 20.3. The number of amides is 1. The molecule has 30 heavy (non-hydrogen) atoms. The highest BCUT2D eigenvalue weighted by atomic mass is 35.5. The van der Waals surface area contributed by atoms with Crippen LogP contribution < -0.4 is 10.7 Å². The fourth-order valence-corrected chi connectivity index (χ4v) is 3.86. The predicted molar refractivity (Wildman–Crippen MR) is 122 cm³/mol. The van der Waals surface area contributed by atoms with E-state index in [-0.39, 0.29) is 17.2 Å². The largest absolute Gasteiger partial charge is 0.305 e. The maximum Gasteiger partial charge on any atom is 0.266 e. The number of thiophene rings is 1. The fourth-order valence-electron chi connectivity index (χ4n) is 2.99. The van der Waals surface area contributed by atoms with Crippen LogP contribution in [-0.4, -0.2) is 15.7 Å². The van der Waals surface area contributed by atoms with E-state index in [2.05, 4.69) is 10.4 Å². The Kier molecular flexibility index (Phi) is 5.72. The van der Waals surface area contributed by atoms with Crippen LogP contribution in [0.3, 0.4) is 0 Å².